The van der Waals surface area contributed by atoms with Gasteiger partial charge in [-0.3, -0.25) is 9.35 Å². The van der Waals surface area contributed by atoms with Crippen LogP contribution in [0.3, 0.4) is 0 Å². The molecule has 3 heterocycles. The van der Waals surface area contributed by atoms with Gasteiger partial charge in [0.25, 0.3) is 0 Å². The zero-order valence-electron chi connectivity index (χ0n) is 18.5. The van der Waals surface area contributed by atoms with Crippen LogP contribution in [0.5, 0.6) is 0 Å². The SMILES string of the molecule is O=C(c1cc([C@@H](O)C2CCOCC2)c(Cl)s1)c1cncnc1N[C@H]1C[C@H](O)[C@@H]([CH]NS(=O)(=O)O)C1. The molecule has 2 aliphatic rings. The normalized spacial score (nSPS) is 24.4. The van der Waals surface area contributed by atoms with Gasteiger partial charge in [-0.15, -0.1) is 11.3 Å². The predicted octanol–water partition coefficient (Wildman–Crippen LogP) is 1.99. The topological polar surface area (TPSA) is 171 Å². The standard InChI is InChI=1S/C21H26ClN4O7S2/c22-20-14(18(28)11-1-3-33-4-2-11)7-17(34-20)19(29)15-9-23-10-24-21(15)26-13-5-12(16(27)6-13)8-25-35(30,31)32/h7-13,16,18,25,27-28H,1-6H2,(H,23,24,26)(H,30,31,32)/t12-,13-,16+,18+/m1/s1. The van der Waals surface area contributed by atoms with Crippen molar-refractivity contribution in [2.75, 3.05) is 18.5 Å². The lowest BCUT2D eigenvalue weighted by molar-refractivity contribution is 0.00736. The first-order valence-corrected chi connectivity index (χ1v) is 13.7. The molecule has 2 fully saturated rings. The van der Waals surface area contributed by atoms with Gasteiger partial charge in [-0.05, 0) is 37.7 Å². The fourth-order valence-corrected chi connectivity index (χ4v) is 6.08. The summed E-state index contributed by atoms with van der Waals surface area (Å²) >= 11 is 7.47. The van der Waals surface area contributed by atoms with Gasteiger partial charge in [-0.25, -0.2) is 9.97 Å². The van der Waals surface area contributed by atoms with Gasteiger partial charge in [-0.2, -0.15) is 13.1 Å². The van der Waals surface area contributed by atoms with Crippen molar-refractivity contribution in [2.24, 2.45) is 11.8 Å². The number of hydrogen-bond acceptors (Lipinski definition) is 10. The summed E-state index contributed by atoms with van der Waals surface area (Å²) in [4.78, 5) is 21.8. The Labute approximate surface area is 211 Å². The number of anilines is 1. The Bertz CT molecular complexity index is 1160. The first-order valence-electron chi connectivity index (χ1n) is 11.0. The number of aromatic nitrogens is 2. The summed E-state index contributed by atoms with van der Waals surface area (Å²) in [5.41, 5.74) is 0.720. The second kappa shape index (κ2) is 11.1. The average molecular weight is 546 g/mol. The fraction of sp³-hybridized carbons (Fsp3) is 0.524. The van der Waals surface area contributed by atoms with Crippen LogP contribution >= 0.6 is 22.9 Å². The molecular weight excluding hydrogens is 520 g/mol. The molecule has 1 saturated heterocycles. The van der Waals surface area contributed by atoms with Crippen molar-refractivity contribution in [3.05, 3.63) is 45.5 Å². The minimum absolute atomic E-state index is 0.00458. The average Bonchev–Trinajstić information content (AvgIpc) is 3.39. The van der Waals surface area contributed by atoms with E-state index in [0.717, 1.165) is 17.9 Å². The number of carbonyl (C=O) groups is 1. The summed E-state index contributed by atoms with van der Waals surface area (Å²) in [6, 6.07) is 1.30. The quantitative estimate of drug-likeness (QED) is 0.232. The van der Waals surface area contributed by atoms with Gasteiger partial charge in [-0.1, -0.05) is 11.6 Å². The number of aliphatic hydroxyl groups is 2. The number of rotatable bonds is 9. The van der Waals surface area contributed by atoms with Crippen LogP contribution < -0.4 is 10.0 Å². The van der Waals surface area contributed by atoms with Gasteiger partial charge in [0.1, 0.15) is 12.1 Å². The molecule has 0 unspecified atom stereocenters. The molecule has 1 radical (unpaired) electrons. The van der Waals surface area contributed by atoms with Crippen molar-refractivity contribution < 1.29 is 32.7 Å². The van der Waals surface area contributed by atoms with Crippen LogP contribution in [-0.2, 0) is 15.0 Å². The molecule has 191 valence electrons. The maximum atomic E-state index is 13.3. The lowest BCUT2D eigenvalue weighted by Crippen LogP contribution is -2.27. The summed E-state index contributed by atoms with van der Waals surface area (Å²) in [5.74, 6) is -0.632. The molecule has 4 atom stereocenters. The Kier molecular flexibility index (Phi) is 8.38. The number of nitrogens with one attached hydrogen (secondary N) is 2. The van der Waals surface area contributed by atoms with Crippen LogP contribution in [-0.4, -0.2) is 64.3 Å². The summed E-state index contributed by atoms with van der Waals surface area (Å²) < 4.78 is 38.2. The largest absolute Gasteiger partial charge is 0.393 e. The van der Waals surface area contributed by atoms with Gasteiger partial charge < -0.3 is 20.3 Å². The number of thiophene rings is 1. The first kappa shape index (κ1) is 26.4. The van der Waals surface area contributed by atoms with Crippen LogP contribution in [0.25, 0.3) is 0 Å². The molecule has 1 aliphatic carbocycles. The van der Waals surface area contributed by atoms with E-state index in [9.17, 15) is 23.4 Å². The lowest BCUT2D eigenvalue weighted by atomic mass is 9.90. The van der Waals surface area contributed by atoms with E-state index in [4.69, 9.17) is 20.9 Å². The lowest BCUT2D eigenvalue weighted by Gasteiger charge is -2.26. The number of ketones is 1. The molecular formula is C21H26ClN4O7S2. The van der Waals surface area contributed by atoms with E-state index in [-0.39, 0.29) is 35.5 Å². The molecule has 0 spiro atoms. The molecule has 1 saturated carbocycles. The number of hydrogen-bond donors (Lipinski definition) is 5. The van der Waals surface area contributed by atoms with Crippen LogP contribution in [0.2, 0.25) is 4.34 Å². The Balaban J connectivity index is 1.47. The highest BCUT2D eigenvalue weighted by atomic mass is 35.5. The fourth-order valence-electron chi connectivity index (χ4n) is 4.44. The van der Waals surface area contributed by atoms with Crippen LogP contribution in [0.15, 0.2) is 18.6 Å². The number of carbonyl (C=O) groups excluding carboxylic acids is 1. The van der Waals surface area contributed by atoms with E-state index in [0.29, 0.717) is 47.3 Å². The van der Waals surface area contributed by atoms with Crippen molar-refractivity contribution in [3.63, 3.8) is 0 Å². The minimum Gasteiger partial charge on any atom is -0.393 e. The van der Waals surface area contributed by atoms with Crippen molar-refractivity contribution in [1.29, 1.82) is 0 Å². The van der Waals surface area contributed by atoms with E-state index in [1.165, 1.54) is 12.5 Å². The smallest absolute Gasteiger partial charge is 0.333 e. The summed E-state index contributed by atoms with van der Waals surface area (Å²) in [6.07, 6.45) is 3.06. The van der Waals surface area contributed by atoms with E-state index in [2.05, 4.69) is 15.3 Å². The molecule has 1 aliphatic heterocycles. The van der Waals surface area contributed by atoms with Gasteiger partial charge in [0.15, 0.2) is 0 Å². The third kappa shape index (κ3) is 6.54. The molecule has 0 bridgehead atoms. The third-order valence-corrected chi connectivity index (χ3v) is 8.10. The van der Waals surface area contributed by atoms with Gasteiger partial charge >= 0.3 is 10.3 Å². The second-order valence-electron chi connectivity index (χ2n) is 8.65. The van der Waals surface area contributed by atoms with Gasteiger partial charge in [0, 0.05) is 43.5 Å². The highest BCUT2D eigenvalue weighted by Gasteiger charge is 2.35. The Hall–Kier alpha value is -1.71. The predicted molar refractivity (Wildman–Crippen MR) is 128 cm³/mol. The highest BCUT2D eigenvalue weighted by molar-refractivity contribution is 7.83. The molecule has 2 aromatic rings. The number of ether oxygens (including phenoxy) is 1. The zero-order valence-corrected chi connectivity index (χ0v) is 20.9. The molecule has 5 N–H and O–H groups in total. The minimum atomic E-state index is -4.41. The maximum absolute atomic E-state index is 13.3. The van der Waals surface area contributed by atoms with Crippen LogP contribution in [0, 0.1) is 18.4 Å². The Morgan fingerprint density at radius 3 is 2.77 bits per heavy atom. The summed E-state index contributed by atoms with van der Waals surface area (Å²) in [6.45, 7) is 2.28. The van der Waals surface area contributed by atoms with E-state index in [1.807, 2.05) is 4.72 Å². The molecule has 0 amide bonds. The summed E-state index contributed by atoms with van der Waals surface area (Å²) in [5, 5.41) is 24.2. The third-order valence-electron chi connectivity index (χ3n) is 6.27. The van der Waals surface area contributed by atoms with Gasteiger partial charge in [0.05, 0.1) is 27.0 Å². The van der Waals surface area contributed by atoms with E-state index >= 15 is 0 Å². The first-order chi connectivity index (χ1) is 16.6. The number of halogens is 1. The molecule has 4 rings (SSSR count). The second-order valence-corrected chi connectivity index (χ2v) is 11.5. The van der Waals surface area contributed by atoms with Gasteiger partial charge in [0.2, 0.25) is 5.78 Å². The number of nitrogens with zero attached hydrogens (tertiary/aromatic N) is 2. The van der Waals surface area contributed by atoms with Crippen molar-refractivity contribution in [3.8, 4) is 0 Å². The molecule has 14 heteroatoms. The monoisotopic (exact) mass is 545 g/mol. The van der Waals surface area contributed by atoms with Crippen LogP contribution in [0.1, 0.15) is 52.6 Å². The maximum Gasteiger partial charge on any atom is 0.333 e. The molecule has 11 nitrogen and oxygen atoms in total. The zero-order chi connectivity index (χ0) is 25.2. The van der Waals surface area contributed by atoms with Crippen molar-refractivity contribution in [2.45, 2.75) is 43.9 Å². The molecule has 0 aromatic carbocycles. The van der Waals surface area contributed by atoms with Crippen molar-refractivity contribution in [1.82, 2.24) is 14.7 Å². The Morgan fingerprint density at radius 2 is 2.06 bits per heavy atom. The van der Waals surface area contributed by atoms with E-state index in [1.54, 1.807) is 6.07 Å². The highest BCUT2D eigenvalue weighted by Crippen LogP contribution is 2.39. The summed E-state index contributed by atoms with van der Waals surface area (Å²) in [7, 11) is -4.41. The van der Waals surface area contributed by atoms with Crippen LogP contribution in [0.4, 0.5) is 5.82 Å². The Morgan fingerprint density at radius 1 is 1.31 bits per heavy atom. The number of aliphatic hydroxyl groups excluding tert-OH is 2. The molecule has 2 aromatic heterocycles. The van der Waals surface area contributed by atoms with Crippen molar-refractivity contribution >= 4 is 44.8 Å². The molecule has 35 heavy (non-hydrogen) atoms. The van der Waals surface area contributed by atoms with E-state index < -0.39 is 28.4 Å².